The SMILES string of the molecule is CCCC1CCC(c2ccc(-c3cc(F)c(C(F)(F)Oc4cc(F)c(F)c(F)c4)c(F)c3)cc2)CC1. The summed E-state index contributed by atoms with van der Waals surface area (Å²) in [4.78, 5) is 0. The van der Waals surface area contributed by atoms with E-state index in [1.807, 2.05) is 12.1 Å². The van der Waals surface area contributed by atoms with Gasteiger partial charge in [0.1, 0.15) is 22.9 Å². The van der Waals surface area contributed by atoms with E-state index in [2.05, 4.69) is 11.7 Å². The lowest BCUT2D eigenvalue weighted by Gasteiger charge is -2.28. The van der Waals surface area contributed by atoms with E-state index in [4.69, 9.17) is 0 Å². The van der Waals surface area contributed by atoms with Gasteiger partial charge in [-0.25, -0.2) is 22.0 Å². The predicted molar refractivity (Wildman–Crippen MR) is 122 cm³/mol. The lowest BCUT2D eigenvalue weighted by molar-refractivity contribution is -0.189. The van der Waals surface area contributed by atoms with Gasteiger partial charge in [-0.05, 0) is 66.3 Å². The van der Waals surface area contributed by atoms with E-state index in [0.717, 1.165) is 36.5 Å². The molecule has 0 radical (unpaired) electrons. The van der Waals surface area contributed by atoms with Crippen LogP contribution in [0.25, 0.3) is 11.1 Å². The molecule has 1 nitrogen and oxygen atoms in total. The summed E-state index contributed by atoms with van der Waals surface area (Å²) in [6.07, 6.45) is 2.30. The molecule has 3 aromatic rings. The third-order valence-electron chi connectivity index (χ3n) is 6.80. The third kappa shape index (κ3) is 5.52. The zero-order valence-corrected chi connectivity index (χ0v) is 19.6. The summed E-state index contributed by atoms with van der Waals surface area (Å²) in [7, 11) is 0. The molecule has 0 aromatic heterocycles. The number of ether oxygens (including phenoxy) is 1. The number of alkyl halides is 2. The summed E-state index contributed by atoms with van der Waals surface area (Å²) in [5, 5.41) is 0. The molecule has 0 bridgehead atoms. The Balaban J connectivity index is 1.53. The molecule has 36 heavy (non-hydrogen) atoms. The van der Waals surface area contributed by atoms with Crippen molar-refractivity contribution >= 4 is 0 Å². The Hall–Kier alpha value is -3.03. The molecule has 1 fully saturated rings. The molecule has 1 aliphatic rings. The Kier molecular flexibility index (Phi) is 7.62. The van der Waals surface area contributed by atoms with Gasteiger partial charge >= 0.3 is 6.11 Å². The highest BCUT2D eigenvalue weighted by Crippen LogP contribution is 2.40. The highest BCUT2D eigenvalue weighted by Gasteiger charge is 2.41. The summed E-state index contributed by atoms with van der Waals surface area (Å²) in [6, 6.07) is 8.97. The molecule has 192 valence electrons. The molecule has 3 aromatic carbocycles. The highest BCUT2D eigenvalue weighted by atomic mass is 19.3. The minimum atomic E-state index is -4.62. The highest BCUT2D eigenvalue weighted by molar-refractivity contribution is 5.64. The Morgan fingerprint density at radius 3 is 1.83 bits per heavy atom. The maximum Gasteiger partial charge on any atom is 0.432 e. The molecule has 0 spiro atoms. The van der Waals surface area contributed by atoms with Crippen LogP contribution in [0.3, 0.4) is 0 Å². The summed E-state index contributed by atoms with van der Waals surface area (Å²) >= 11 is 0. The third-order valence-corrected chi connectivity index (χ3v) is 6.80. The van der Waals surface area contributed by atoms with Gasteiger partial charge in [0.05, 0.1) is 0 Å². The van der Waals surface area contributed by atoms with Gasteiger partial charge in [0.2, 0.25) is 0 Å². The quantitative estimate of drug-likeness (QED) is 0.227. The average molecular weight is 510 g/mol. The van der Waals surface area contributed by atoms with E-state index >= 15 is 0 Å². The second kappa shape index (κ2) is 10.5. The van der Waals surface area contributed by atoms with Crippen LogP contribution in [-0.4, -0.2) is 0 Å². The molecular weight excluding hydrogens is 485 g/mol. The van der Waals surface area contributed by atoms with Crippen molar-refractivity contribution in [2.45, 2.75) is 57.5 Å². The Bertz CT molecular complexity index is 1170. The summed E-state index contributed by atoms with van der Waals surface area (Å²) in [6.45, 7) is 2.19. The zero-order chi connectivity index (χ0) is 26.0. The second-order valence-electron chi connectivity index (χ2n) is 9.26. The van der Waals surface area contributed by atoms with Crippen LogP contribution in [0.1, 0.15) is 62.5 Å². The fourth-order valence-electron chi connectivity index (χ4n) is 4.95. The van der Waals surface area contributed by atoms with Gasteiger partial charge in [0.15, 0.2) is 17.5 Å². The molecule has 0 heterocycles. The van der Waals surface area contributed by atoms with Gasteiger partial charge in [-0.2, -0.15) is 8.78 Å². The normalized spacial score (nSPS) is 18.3. The van der Waals surface area contributed by atoms with Crippen molar-refractivity contribution in [2.24, 2.45) is 5.92 Å². The minimum absolute atomic E-state index is 0.0432. The van der Waals surface area contributed by atoms with Crippen LogP contribution in [0.2, 0.25) is 0 Å². The summed E-state index contributed by atoms with van der Waals surface area (Å²) < 4.78 is 102. The van der Waals surface area contributed by atoms with E-state index in [1.54, 1.807) is 12.1 Å². The Morgan fingerprint density at radius 2 is 1.31 bits per heavy atom. The van der Waals surface area contributed by atoms with Crippen LogP contribution < -0.4 is 4.74 Å². The summed E-state index contributed by atoms with van der Waals surface area (Å²) in [5.41, 5.74) is -0.113. The largest absolute Gasteiger partial charge is 0.432 e. The van der Waals surface area contributed by atoms with Crippen LogP contribution in [0.5, 0.6) is 5.75 Å². The first-order valence-corrected chi connectivity index (χ1v) is 11.9. The van der Waals surface area contributed by atoms with Crippen molar-refractivity contribution in [2.75, 3.05) is 0 Å². The van der Waals surface area contributed by atoms with Gasteiger partial charge in [-0.15, -0.1) is 0 Å². The van der Waals surface area contributed by atoms with Gasteiger partial charge < -0.3 is 4.74 Å². The maximum absolute atomic E-state index is 14.7. The van der Waals surface area contributed by atoms with Crippen LogP contribution in [0.4, 0.5) is 30.7 Å². The maximum atomic E-state index is 14.7. The van der Waals surface area contributed by atoms with Crippen molar-refractivity contribution in [3.05, 3.63) is 88.7 Å². The smallest absolute Gasteiger partial charge is 0.429 e. The van der Waals surface area contributed by atoms with Crippen LogP contribution in [0, 0.1) is 35.0 Å². The first kappa shape index (κ1) is 26.0. The van der Waals surface area contributed by atoms with Crippen molar-refractivity contribution in [1.29, 1.82) is 0 Å². The van der Waals surface area contributed by atoms with Gasteiger partial charge in [0.25, 0.3) is 0 Å². The molecule has 0 aliphatic heterocycles. The average Bonchev–Trinajstić information content (AvgIpc) is 2.82. The molecule has 1 saturated carbocycles. The van der Waals surface area contributed by atoms with E-state index in [0.29, 0.717) is 11.5 Å². The number of halogens is 7. The zero-order valence-electron chi connectivity index (χ0n) is 19.6. The number of rotatable bonds is 7. The second-order valence-corrected chi connectivity index (χ2v) is 9.26. The summed E-state index contributed by atoms with van der Waals surface area (Å²) in [5.74, 6) is -8.60. The predicted octanol–water partition coefficient (Wildman–Crippen LogP) is 9.25. The van der Waals surface area contributed by atoms with Crippen LogP contribution in [0.15, 0.2) is 48.5 Å². The molecule has 0 saturated heterocycles. The van der Waals surface area contributed by atoms with E-state index in [9.17, 15) is 30.7 Å². The topological polar surface area (TPSA) is 9.23 Å². The number of benzene rings is 3. The minimum Gasteiger partial charge on any atom is -0.429 e. The number of hydrogen-bond acceptors (Lipinski definition) is 1. The molecule has 0 amide bonds. The molecule has 4 rings (SSSR count). The molecule has 1 aliphatic carbocycles. The lowest BCUT2D eigenvalue weighted by atomic mass is 9.77. The molecular formula is C28H25F7O. The lowest BCUT2D eigenvalue weighted by Crippen LogP contribution is -2.25. The van der Waals surface area contributed by atoms with Crippen molar-refractivity contribution in [3.8, 4) is 16.9 Å². The van der Waals surface area contributed by atoms with E-state index in [-0.39, 0.29) is 17.7 Å². The van der Waals surface area contributed by atoms with Crippen molar-refractivity contribution < 1.29 is 35.5 Å². The fraction of sp³-hybridized carbons (Fsp3) is 0.357. The van der Waals surface area contributed by atoms with Gasteiger partial charge in [-0.1, -0.05) is 44.0 Å². The van der Waals surface area contributed by atoms with Gasteiger partial charge in [-0.3, -0.25) is 0 Å². The van der Waals surface area contributed by atoms with Crippen LogP contribution in [-0.2, 0) is 6.11 Å². The molecule has 8 heteroatoms. The first-order valence-electron chi connectivity index (χ1n) is 11.9. The van der Waals surface area contributed by atoms with Crippen molar-refractivity contribution in [3.63, 3.8) is 0 Å². The molecule has 0 unspecified atom stereocenters. The van der Waals surface area contributed by atoms with Gasteiger partial charge in [0, 0.05) is 12.1 Å². The van der Waals surface area contributed by atoms with Crippen LogP contribution >= 0.6 is 0 Å². The van der Waals surface area contributed by atoms with E-state index < -0.39 is 46.5 Å². The fourth-order valence-corrected chi connectivity index (χ4v) is 4.95. The van der Waals surface area contributed by atoms with E-state index in [1.165, 1.54) is 25.7 Å². The Labute approximate surface area is 204 Å². The standard InChI is InChI=1S/C28H25F7O/c1-2-3-16-4-6-17(7-5-16)18-8-10-19(11-9-18)20-12-22(29)26(23(30)13-20)28(34,35)36-21-14-24(31)27(33)25(32)15-21/h8-17H,2-7H2,1H3. The Morgan fingerprint density at radius 1 is 0.750 bits per heavy atom. The number of hydrogen-bond donors (Lipinski definition) is 0. The monoisotopic (exact) mass is 510 g/mol. The molecule has 0 atom stereocenters. The van der Waals surface area contributed by atoms with Crippen molar-refractivity contribution in [1.82, 2.24) is 0 Å². The molecule has 0 N–H and O–H groups in total. The first-order chi connectivity index (χ1) is 17.1.